The highest BCUT2D eigenvalue weighted by Gasteiger charge is 2.69. The predicted octanol–water partition coefficient (Wildman–Crippen LogP) is 6.68. The summed E-state index contributed by atoms with van der Waals surface area (Å²) in [4.78, 5) is 0. The van der Waals surface area contributed by atoms with Crippen LogP contribution in [0.4, 0.5) is 4.39 Å². The molecule has 0 bridgehead atoms. The fourth-order valence-corrected chi connectivity index (χ4v) is 5.59. The Morgan fingerprint density at radius 3 is 2.39 bits per heavy atom. The zero-order chi connectivity index (χ0) is 23.8. The van der Waals surface area contributed by atoms with Crippen LogP contribution in [0.25, 0.3) is 0 Å². The Morgan fingerprint density at radius 2 is 1.76 bits per heavy atom. The molecule has 0 saturated heterocycles. The largest absolute Gasteiger partial charge is 0.496 e. The smallest absolute Gasteiger partial charge is 0.174 e. The zero-order valence-electron chi connectivity index (χ0n) is 19.2. The van der Waals surface area contributed by atoms with Gasteiger partial charge in [-0.3, -0.25) is 0 Å². The lowest BCUT2D eigenvalue weighted by Crippen LogP contribution is -2.48. The van der Waals surface area contributed by atoms with Crippen LogP contribution in [0.15, 0.2) is 65.1 Å². The minimum atomic E-state index is -1.36. The lowest BCUT2D eigenvalue weighted by Gasteiger charge is -2.40. The summed E-state index contributed by atoms with van der Waals surface area (Å²) in [7, 11) is 3.14. The van der Waals surface area contributed by atoms with E-state index in [1.165, 1.54) is 12.1 Å². The molecular weight excluding hydrogens is 487 g/mol. The van der Waals surface area contributed by atoms with Gasteiger partial charge in [-0.05, 0) is 48.2 Å². The Balaban J connectivity index is 0.00000126. The van der Waals surface area contributed by atoms with Crippen LogP contribution in [0.1, 0.15) is 49.3 Å². The van der Waals surface area contributed by atoms with E-state index in [4.69, 9.17) is 14.2 Å². The van der Waals surface area contributed by atoms with Crippen molar-refractivity contribution in [2.24, 2.45) is 0 Å². The van der Waals surface area contributed by atoms with Gasteiger partial charge < -0.3 is 19.3 Å². The average molecular weight is 515 g/mol. The Kier molecular flexibility index (Phi) is 6.43. The fourth-order valence-electron chi connectivity index (χ4n) is 5.32. The molecule has 1 heterocycles. The third-order valence-electron chi connectivity index (χ3n) is 6.60. The van der Waals surface area contributed by atoms with E-state index < -0.39 is 11.2 Å². The Bertz CT molecular complexity index is 1150. The topological polar surface area (TPSA) is 47.9 Å². The molecule has 5 rings (SSSR count). The van der Waals surface area contributed by atoms with Crippen molar-refractivity contribution in [3.05, 3.63) is 87.6 Å². The molecule has 0 spiro atoms. The van der Waals surface area contributed by atoms with Gasteiger partial charge in [-0.2, -0.15) is 0 Å². The number of benzene rings is 3. The second-order valence-electron chi connectivity index (χ2n) is 8.05. The Labute approximate surface area is 202 Å². The summed E-state index contributed by atoms with van der Waals surface area (Å²) in [5.41, 5.74) is -0.272. The van der Waals surface area contributed by atoms with Crippen LogP contribution in [0.3, 0.4) is 0 Å². The van der Waals surface area contributed by atoms with Gasteiger partial charge in [0.05, 0.1) is 19.8 Å². The molecule has 1 saturated carbocycles. The number of aliphatic hydroxyl groups is 1. The first-order valence-electron chi connectivity index (χ1n) is 11.1. The van der Waals surface area contributed by atoms with Crippen LogP contribution in [0.2, 0.25) is 0 Å². The minimum Gasteiger partial charge on any atom is -0.496 e. The number of hydrogen-bond acceptors (Lipinski definition) is 4. The highest BCUT2D eigenvalue weighted by atomic mass is 79.9. The van der Waals surface area contributed by atoms with Crippen LogP contribution in [0.5, 0.6) is 17.2 Å². The average Bonchev–Trinajstić information content (AvgIpc) is 3.27. The standard InChI is InChI=1S/C25H22BrFO4.C2H6/c1-29-19-13-21(30-2)23-22(14-19)31-25(16-6-8-17(26)9-7-16)20(10-11-24(23,25)28)15-4-3-5-18(27)12-15;1-2/h3-9,12-14,20,28H,10-11H2,1-2H3;1-2H3/t20-,24+,25-;/m0./s1. The molecular formula is C27H28BrFO4. The monoisotopic (exact) mass is 514 g/mol. The van der Waals surface area contributed by atoms with E-state index in [2.05, 4.69) is 15.9 Å². The molecule has 3 aromatic carbocycles. The second kappa shape index (κ2) is 8.99. The number of methoxy groups -OCH3 is 2. The highest BCUT2D eigenvalue weighted by molar-refractivity contribution is 9.10. The van der Waals surface area contributed by atoms with Gasteiger partial charge in [0.2, 0.25) is 0 Å². The van der Waals surface area contributed by atoms with Crippen molar-refractivity contribution in [1.29, 1.82) is 0 Å². The molecule has 1 aliphatic carbocycles. The number of halogens is 2. The molecule has 1 N–H and O–H groups in total. The molecule has 33 heavy (non-hydrogen) atoms. The van der Waals surface area contributed by atoms with Gasteiger partial charge in [-0.15, -0.1) is 0 Å². The normalized spacial score (nSPS) is 24.8. The molecule has 174 valence electrons. The van der Waals surface area contributed by atoms with E-state index in [0.29, 0.717) is 35.7 Å². The molecule has 3 atom stereocenters. The molecule has 6 heteroatoms. The molecule has 0 unspecified atom stereocenters. The summed E-state index contributed by atoms with van der Waals surface area (Å²) < 4.78 is 32.9. The van der Waals surface area contributed by atoms with Crippen molar-refractivity contribution in [2.75, 3.05) is 14.2 Å². The molecule has 4 nitrogen and oxygen atoms in total. The SMILES string of the molecule is CC.COc1cc(OC)c2c(c1)O[C@@]1(c3ccc(Br)cc3)[C@H](c3cccc(F)c3)CC[C@@]21O. The molecule has 0 radical (unpaired) electrons. The van der Waals surface area contributed by atoms with Crippen molar-refractivity contribution in [3.8, 4) is 17.2 Å². The highest BCUT2D eigenvalue weighted by Crippen LogP contribution is 2.68. The van der Waals surface area contributed by atoms with Crippen molar-refractivity contribution >= 4 is 15.9 Å². The van der Waals surface area contributed by atoms with Gasteiger partial charge in [0.1, 0.15) is 28.7 Å². The number of hydrogen-bond donors (Lipinski definition) is 1. The van der Waals surface area contributed by atoms with Crippen LogP contribution >= 0.6 is 15.9 Å². The van der Waals surface area contributed by atoms with E-state index in [-0.39, 0.29) is 11.7 Å². The number of rotatable bonds is 4. The van der Waals surface area contributed by atoms with Crippen LogP contribution in [0, 0.1) is 5.82 Å². The van der Waals surface area contributed by atoms with E-state index in [9.17, 15) is 9.50 Å². The molecule has 1 aliphatic heterocycles. The number of ether oxygens (including phenoxy) is 3. The summed E-state index contributed by atoms with van der Waals surface area (Å²) in [6.07, 6.45) is 1.07. The summed E-state index contributed by atoms with van der Waals surface area (Å²) in [6.45, 7) is 4.00. The van der Waals surface area contributed by atoms with E-state index >= 15 is 0 Å². The first kappa shape index (κ1) is 23.6. The van der Waals surface area contributed by atoms with Crippen LogP contribution in [-0.4, -0.2) is 19.3 Å². The number of fused-ring (bicyclic) bond motifs is 3. The van der Waals surface area contributed by atoms with Crippen LogP contribution < -0.4 is 14.2 Å². The molecule has 2 aliphatic rings. The molecule has 3 aromatic rings. The summed E-state index contributed by atoms with van der Waals surface area (Å²) in [5.74, 6) is 1.03. The summed E-state index contributed by atoms with van der Waals surface area (Å²) in [5, 5.41) is 12.3. The lowest BCUT2D eigenvalue weighted by atomic mass is 9.71. The summed E-state index contributed by atoms with van der Waals surface area (Å²) >= 11 is 3.49. The van der Waals surface area contributed by atoms with E-state index in [0.717, 1.165) is 15.6 Å². The van der Waals surface area contributed by atoms with Gasteiger partial charge in [0, 0.05) is 22.5 Å². The van der Waals surface area contributed by atoms with E-state index in [1.807, 2.05) is 44.2 Å². The Morgan fingerprint density at radius 1 is 1.03 bits per heavy atom. The van der Waals surface area contributed by atoms with Crippen molar-refractivity contribution < 1.29 is 23.7 Å². The van der Waals surface area contributed by atoms with Crippen molar-refractivity contribution in [1.82, 2.24) is 0 Å². The maximum atomic E-state index is 14.2. The third kappa shape index (κ3) is 3.51. The zero-order valence-corrected chi connectivity index (χ0v) is 20.8. The van der Waals surface area contributed by atoms with Crippen molar-refractivity contribution in [3.63, 3.8) is 0 Å². The molecule has 1 fully saturated rings. The second-order valence-corrected chi connectivity index (χ2v) is 8.97. The quantitative estimate of drug-likeness (QED) is 0.421. The maximum absolute atomic E-state index is 14.2. The fraction of sp³-hybridized carbons (Fsp3) is 0.333. The van der Waals surface area contributed by atoms with Gasteiger partial charge in [0.15, 0.2) is 5.60 Å². The minimum absolute atomic E-state index is 0.266. The van der Waals surface area contributed by atoms with Crippen molar-refractivity contribution in [2.45, 2.75) is 43.8 Å². The summed E-state index contributed by atoms with van der Waals surface area (Å²) in [6, 6.07) is 17.8. The molecule has 0 aromatic heterocycles. The van der Waals surface area contributed by atoms with Gasteiger partial charge in [-0.1, -0.05) is 54.0 Å². The third-order valence-corrected chi connectivity index (χ3v) is 7.13. The maximum Gasteiger partial charge on any atom is 0.174 e. The van der Waals surface area contributed by atoms with E-state index in [1.54, 1.807) is 32.4 Å². The first-order chi connectivity index (χ1) is 15.9. The van der Waals surface area contributed by atoms with Crippen LogP contribution in [-0.2, 0) is 11.2 Å². The van der Waals surface area contributed by atoms with Gasteiger partial charge >= 0.3 is 0 Å². The van der Waals surface area contributed by atoms with Gasteiger partial charge in [-0.25, -0.2) is 4.39 Å². The molecule has 0 amide bonds. The predicted molar refractivity (Wildman–Crippen MR) is 130 cm³/mol. The van der Waals surface area contributed by atoms with Gasteiger partial charge in [0.25, 0.3) is 0 Å². The Hall–Kier alpha value is -2.57. The first-order valence-corrected chi connectivity index (χ1v) is 11.9. The lowest BCUT2D eigenvalue weighted by molar-refractivity contribution is -0.106.